The minimum absolute atomic E-state index is 0.144. The molecule has 5 nitrogen and oxygen atoms in total. The van der Waals surface area contributed by atoms with Crippen molar-refractivity contribution >= 4 is 32.6 Å². The van der Waals surface area contributed by atoms with E-state index in [1.807, 2.05) is 30.3 Å². The Morgan fingerprint density at radius 3 is 2.48 bits per heavy atom. The minimum Gasteiger partial charge on any atom is -0.455 e. The molecule has 0 bridgehead atoms. The second-order valence-electron chi connectivity index (χ2n) is 4.38. The van der Waals surface area contributed by atoms with Gasteiger partial charge in [0.2, 0.25) is 5.43 Å². The second-order valence-corrected chi connectivity index (χ2v) is 5.17. The third kappa shape index (κ3) is 2.34. The molecule has 0 fully saturated rings. The number of hydrogen-bond acceptors (Lipinski definition) is 4. The summed E-state index contributed by atoms with van der Waals surface area (Å²) in [7, 11) is 0. The van der Waals surface area contributed by atoms with Crippen molar-refractivity contribution in [3.8, 4) is 11.3 Å². The normalized spacial score (nSPS) is 10.7. The highest BCUT2D eigenvalue weighted by Crippen LogP contribution is 2.30. The highest BCUT2D eigenvalue weighted by atomic mass is 79.9. The molecule has 6 heteroatoms. The van der Waals surface area contributed by atoms with Crippen LogP contribution in [-0.2, 0) is 0 Å². The van der Waals surface area contributed by atoms with E-state index in [0.717, 1.165) is 5.56 Å². The second kappa shape index (κ2) is 5.14. The first-order chi connectivity index (χ1) is 10.1. The van der Waals surface area contributed by atoms with Crippen molar-refractivity contribution in [1.82, 2.24) is 0 Å². The molecule has 1 heterocycles. The van der Waals surface area contributed by atoms with Crippen LogP contribution in [-0.4, -0.2) is 4.92 Å². The van der Waals surface area contributed by atoms with Gasteiger partial charge in [-0.1, -0.05) is 30.3 Å². The Kier molecular flexibility index (Phi) is 3.31. The van der Waals surface area contributed by atoms with E-state index in [1.54, 1.807) is 0 Å². The number of nitrogens with zero attached hydrogens (tertiary/aromatic N) is 1. The molecule has 0 atom stereocenters. The van der Waals surface area contributed by atoms with Crippen molar-refractivity contribution < 1.29 is 9.34 Å². The molecule has 0 amide bonds. The van der Waals surface area contributed by atoms with Gasteiger partial charge in [-0.2, -0.15) is 0 Å². The fourth-order valence-electron chi connectivity index (χ4n) is 2.05. The molecule has 0 saturated carbocycles. The van der Waals surface area contributed by atoms with Crippen LogP contribution in [0.2, 0.25) is 0 Å². The lowest BCUT2D eigenvalue weighted by atomic mass is 10.1. The van der Waals surface area contributed by atoms with E-state index in [-0.39, 0.29) is 21.0 Å². The first-order valence-corrected chi connectivity index (χ1v) is 6.83. The van der Waals surface area contributed by atoms with Crippen LogP contribution in [0.1, 0.15) is 0 Å². The van der Waals surface area contributed by atoms with E-state index in [4.69, 9.17) is 4.42 Å². The maximum Gasteiger partial charge on any atom is 0.270 e. The third-order valence-electron chi connectivity index (χ3n) is 3.07. The summed E-state index contributed by atoms with van der Waals surface area (Å²) in [6, 6.07) is 13.1. The van der Waals surface area contributed by atoms with Gasteiger partial charge in [-0.25, -0.2) is 0 Å². The van der Waals surface area contributed by atoms with E-state index >= 15 is 0 Å². The van der Waals surface area contributed by atoms with Gasteiger partial charge in [0.25, 0.3) is 5.69 Å². The SMILES string of the molecule is O=c1c(Br)c(-c2ccccc2)oc2ccc([N+](=O)[O-])cc12. The zero-order valence-electron chi connectivity index (χ0n) is 10.6. The smallest absolute Gasteiger partial charge is 0.270 e. The molecule has 0 radical (unpaired) electrons. The van der Waals surface area contributed by atoms with Crippen molar-refractivity contribution in [2.45, 2.75) is 0 Å². The molecule has 0 N–H and O–H groups in total. The molecule has 0 saturated heterocycles. The molecular formula is C15H8BrNO4. The van der Waals surface area contributed by atoms with Crippen LogP contribution < -0.4 is 5.43 Å². The van der Waals surface area contributed by atoms with Crippen LogP contribution in [0.4, 0.5) is 5.69 Å². The molecule has 3 rings (SSSR count). The van der Waals surface area contributed by atoms with Crippen molar-refractivity contribution in [3.05, 3.63) is 73.3 Å². The van der Waals surface area contributed by atoms with Gasteiger partial charge in [0.1, 0.15) is 10.1 Å². The Morgan fingerprint density at radius 1 is 1.10 bits per heavy atom. The summed E-state index contributed by atoms with van der Waals surface area (Å²) in [5.74, 6) is 0.405. The predicted octanol–water partition coefficient (Wildman–Crippen LogP) is 4.13. The lowest BCUT2D eigenvalue weighted by molar-refractivity contribution is -0.384. The van der Waals surface area contributed by atoms with Crippen molar-refractivity contribution in [2.75, 3.05) is 0 Å². The first-order valence-electron chi connectivity index (χ1n) is 6.04. The van der Waals surface area contributed by atoms with Crippen LogP contribution in [0, 0.1) is 10.1 Å². The number of hydrogen-bond donors (Lipinski definition) is 0. The average molecular weight is 346 g/mol. The Balaban J connectivity index is 2.32. The van der Waals surface area contributed by atoms with E-state index in [9.17, 15) is 14.9 Å². The summed E-state index contributed by atoms with van der Waals surface area (Å²) in [5, 5.41) is 11.0. The number of halogens is 1. The Morgan fingerprint density at radius 2 is 1.81 bits per heavy atom. The van der Waals surface area contributed by atoms with Gasteiger partial charge in [0.05, 0.1) is 10.3 Å². The minimum atomic E-state index is -0.544. The highest BCUT2D eigenvalue weighted by Gasteiger charge is 2.16. The van der Waals surface area contributed by atoms with Gasteiger partial charge in [0.15, 0.2) is 5.76 Å². The largest absolute Gasteiger partial charge is 0.455 e. The van der Waals surface area contributed by atoms with E-state index < -0.39 is 4.92 Å². The average Bonchev–Trinajstić information content (AvgIpc) is 2.51. The summed E-state index contributed by atoms with van der Waals surface area (Å²) in [4.78, 5) is 22.6. The van der Waals surface area contributed by atoms with Gasteiger partial charge in [0, 0.05) is 17.7 Å². The van der Waals surface area contributed by atoms with Crippen LogP contribution in [0.15, 0.2) is 62.2 Å². The van der Waals surface area contributed by atoms with Crippen molar-refractivity contribution in [1.29, 1.82) is 0 Å². The number of nitro benzene ring substituents is 1. The predicted molar refractivity (Wildman–Crippen MR) is 82.3 cm³/mol. The van der Waals surface area contributed by atoms with E-state index in [0.29, 0.717) is 11.3 Å². The maximum atomic E-state index is 12.4. The Labute approximate surface area is 127 Å². The summed E-state index contributed by atoms with van der Waals surface area (Å²) < 4.78 is 5.98. The quantitative estimate of drug-likeness (QED) is 0.517. The van der Waals surface area contributed by atoms with Crippen LogP contribution >= 0.6 is 15.9 Å². The van der Waals surface area contributed by atoms with Gasteiger partial charge >= 0.3 is 0 Å². The van der Waals surface area contributed by atoms with Crippen molar-refractivity contribution in [3.63, 3.8) is 0 Å². The molecule has 3 aromatic rings. The third-order valence-corrected chi connectivity index (χ3v) is 3.79. The van der Waals surface area contributed by atoms with Gasteiger partial charge in [-0.15, -0.1) is 0 Å². The number of rotatable bonds is 2. The molecule has 0 aliphatic carbocycles. The van der Waals surface area contributed by atoms with Crippen LogP contribution in [0.25, 0.3) is 22.3 Å². The van der Waals surface area contributed by atoms with Gasteiger partial charge < -0.3 is 4.42 Å². The fourth-order valence-corrected chi connectivity index (χ4v) is 2.57. The summed E-state index contributed by atoms with van der Waals surface area (Å²) in [5.41, 5.74) is 0.586. The first kappa shape index (κ1) is 13.5. The molecule has 104 valence electrons. The van der Waals surface area contributed by atoms with Gasteiger partial charge in [-0.05, 0) is 22.0 Å². The number of fused-ring (bicyclic) bond motifs is 1. The Hall–Kier alpha value is -2.47. The molecule has 0 unspecified atom stereocenters. The van der Waals surface area contributed by atoms with E-state index in [1.165, 1.54) is 18.2 Å². The molecular weight excluding hydrogens is 338 g/mol. The maximum absolute atomic E-state index is 12.4. The number of benzene rings is 2. The zero-order chi connectivity index (χ0) is 15.0. The highest BCUT2D eigenvalue weighted by molar-refractivity contribution is 9.10. The lowest BCUT2D eigenvalue weighted by Crippen LogP contribution is -2.04. The monoisotopic (exact) mass is 345 g/mol. The molecule has 1 aromatic heterocycles. The standard InChI is InChI=1S/C15H8BrNO4/c16-13-14(18)11-8-10(17(19)20)6-7-12(11)21-15(13)9-4-2-1-3-5-9/h1-8H. The lowest BCUT2D eigenvalue weighted by Gasteiger charge is -2.05. The molecule has 0 spiro atoms. The van der Waals surface area contributed by atoms with Crippen molar-refractivity contribution in [2.24, 2.45) is 0 Å². The topological polar surface area (TPSA) is 73.3 Å². The fraction of sp³-hybridized carbons (Fsp3) is 0. The van der Waals surface area contributed by atoms with Crippen LogP contribution in [0.5, 0.6) is 0 Å². The molecule has 0 aliphatic rings. The van der Waals surface area contributed by atoms with Gasteiger partial charge in [-0.3, -0.25) is 14.9 Å². The molecule has 2 aromatic carbocycles. The van der Waals surface area contributed by atoms with E-state index in [2.05, 4.69) is 15.9 Å². The summed E-state index contributed by atoms with van der Waals surface area (Å²) in [6.45, 7) is 0. The molecule has 0 aliphatic heterocycles. The van der Waals surface area contributed by atoms with Crippen LogP contribution in [0.3, 0.4) is 0 Å². The number of nitro groups is 1. The zero-order valence-corrected chi connectivity index (χ0v) is 12.2. The summed E-state index contributed by atoms with van der Waals surface area (Å²) in [6.07, 6.45) is 0. The Bertz CT molecular complexity index is 903. The summed E-state index contributed by atoms with van der Waals surface area (Å²) >= 11 is 3.22. The number of non-ortho nitro benzene ring substituents is 1. The molecule has 21 heavy (non-hydrogen) atoms.